The Morgan fingerprint density at radius 1 is 1.64 bits per heavy atom. The molecule has 0 atom stereocenters. The van der Waals surface area contributed by atoms with Crippen molar-refractivity contribution in [2.24, 2.45) is 0 Å². The number of nitrogens with one attached hydrogen (secondary N) is 1. The lowest BCUT2D eigenvalue weighted by atomic mass is 10.0. The Balaban J connectivity index is 3.15. The number of hydrogen-bond donors (Lipinski definition) is 2. The molecule has 0 spiro atoms. The Kier molecular flexibility index (Phi) is 3.01. The molecule has 1 aromatic heterocycles. The summed E-state index contributed by atoms with van der Waals surface area (Å²) in [5.74, 6) is -0.757. The second-order valence-corrected chi connectivity index (χ2v) is 3.15. The highest BCUT2D eigenvalue weighted by Crippen LogP contribution is 2.25. The van der Waals surface area contributed by atoms with Crippen LogP contribution in [-0.4, -0.2) is 16.2 Å². The largest absolute Gasteiger partial charge is 0.465 e. The molecule has 0 unspecified atom stereocenters. The van der Waals surface area contributed by atoms with Gasteiger partial charge in [0.25, 0.3) is 0 Å². The predicted octanol–water partition coefficient (Wildman–Crippen LogP) is 2.43. The molecule has 76 valence electrons. The first-order valence-electron chi connectivity index (χ1n) is 4.16. The Morgan fingerprint density at radius 2 is 2.29 bits per heavy atom. The Hall–Kier alpha value is -1.65. The van der Waals surface area contributed by atoms with Crippen LogP contribution in [0.25, 0.3) is 0 Å². The van der Waals surface area contributed by atoms with Crippen molar-refractivity contribution in [2.75, 3.05) is 5.32 Å². The van der Waals surface area contributed by atoms with Gasteiger partial charge in [-0.1, -0.05) is 13.8 Å². The van der Waals surface area contributed by atoms with Crippen LogP contribution in [-0.2, 0) is 0 Å². The maximum atomic E-state index is 13.1. The van der Waals surface area contributed by atoms with Gasteiger partial charge < -0.3 is 5.11 Å². The fourth-order valence-corrected chi connectivity index (χ4v) is 1.16. The van der Waals surface area contributed by atoms with E-state index in [-0.39, 0.29) is 11.6 Å². The molecular formula is C9H11FN2O2. The van der Waals surface area contributed by atoms with Crippen molar-refractivity contribution in [1.29, 1.82) is 0 Å². The summed E-state index contributed by atoms with van der Waals surface area (Å²) in [6.45, 7) is 3.70. The third kappa shape index (κ3) is 2.18. The van der Waals surface area contributed by atoms with Crippen molar-refractivity contribution >= 4 is 11.8 Å². The fourth-order valence-electron chi connectivity index (χ4n) is 1.16. The lowest BCUT2D eigenvalue weighted by Gasteiger charge is -2.11. The molecule has 0 saturated carbocycles. The zero-order valence-electron chi connectivity index (χ0n) is 7.91. The van der Waals surface area contributed by atoms with Gasteiger partial charge >= 0.3 is 6.09 Å². The van der Waals surface area contributed by atoms with Gasteiger partial charge in [0.15, 0.2) is 0 Å². The van der Waals surface area contributed by atoms with Crippen molar-refractivity contribution in [3.63, 3.8) is 0 Å². The summed E-state index contributed by atoms with van der Waals surface area (Å²) in [6.07, 6.45) is 0.0244. The van der Waals surface area contributed by atoms with Gasteiger partial charge in [-0.3, -0.25) is 5.32 Å². The first-order valence-corrected chi connectivity index (χ1v) is 4.16. The molecule has 1 amide bonds. The van der Waals surface area contributed by atoms with Gasteiger partial charge in [0.2, 0.25) is 5.95 Å². The number of pyridine rings is 1. The number of anilines is 1. The number of amides is 1. The first kappa shape index (κ1) is 10.4. The second-order valence-electron chi connectivity index (χ2n) is 3.15. The van der Waals surface area contributed by atoms with Gasteiger partial charge in [0, 0.05) is 6.20 Å². The number of halogens is 1. The average molecular weight is 198 g/mol. The van der Waals surface area contributed by atoms with Crippen LogP contribution in [0.2, 0.25) is 0 Å². The molecule has 1 rings (SSSR count). The lowest BCUT2D eigenvalue weighted by molar-refractivity contribution is 0.209. The second kappa shape index (κ2) is 4.04. The fraction of sp³-hybridized carbons (Fsp3) is 0.333. The molecule has 0 radical (unpaired) electrons. The molecule has 0 saturated heterocycles. The quantitative estimate of drug-likeness (QED) is 0.717. The highest BCUT2D eigenvalue weighted by molar-refractivity contribution is 5.84. The van der Waals surface area contributed by atoms with E-state index < -0.39 is 12.0 Å². The third-order valence-electron chi connectivity index (χ3n) is 1.79. The summed E-state index contributed by atoms with van der Waals surface area (Å²) < 4.78 is 13.1. The maximum absolute atomic E-state index is 13.1. The predicted molar refractivity (Wildman–Crippen MR) is 49.9 cm³/mol. The van der Waals surface area contributed by atoms with Gasteiger partial charge in [0.05, 0.1) is 0 Å². The summed E-state index contributed by atoms with van der Waals surface area (Å²) in [4.78, 5) is 13.8. The van der Waals surface area contributed by atoms with E-state index in [4.69, 9.17) is 5.11 Å². The molecule has 0 aliphatic carbocycles. The molecule has 0 bridgehead atoms. The topological polar surface area (TPSA) is 62.2 Å². The van der Waals surface area contributed by atoms with E-state index in [9.17, 15) is 9.18 Å². The van der Waals surface area contributed by atoms with Crippen LogP contribution in [0.4, 0.5) is 14.9 Å². The van der Waals surface area contributed by atoms with Gasteiger partial charge in [-0.05, 0) is 17.5 Å². The van der Waals surface area contributed by atoms with Crippen LogP contribution in [0.5, 0.6) is 0 Å². The Labute approximate surface area is 80.8 Å². The van der Waals surface area contributed by atoms with E-state index in [1.165, 1.54) is 6.20 Å². The molecule has 1 aromatic rings. The molecule has 0 aliphatic rings. The standard InChI is InChI=1S/C9H11FN2O2/c1-5(2)6-3-4-11-8(10)7(6)12-9(13)14/h3-5,12H,1-2H3,(H,13,14). The number of rotatable bonds is 2. The normalized spacial score (nSPS) is 10.3. The van der Waals surface area contributed by atoms with E-state index in [0.717, 1.165) is 0 Å². The van der Waals surface area contributed by atoms with Crippen molar-refractivity contribution in [2.45, 2.75) is 19.8 Å². The molecule has 0 fully saturated rings. The molecule has 0 aromatic carbocycles. The molecule has 4 nitrogen and oxygen atoms in total. The monoisotopic (exact) mass is 198 g/mol. The summed E-state index contributed by atoms with van der Waals surface area (Å²) in [6, 6.07) is 1.60. The maximum Gasteiger partial charge on any atom is 0.409 e. The zero-order chi connectivity index (χ0) is 10.7. The van der Waals surface area contributed by atoms with E-state index in [0.29, 0.717) is 5.56 Å². The van der Waals surface area contributed by atoms with Crippen molar-refractivity contribution < 1.29 is 14.3 Å². The van der Waals surface area contributed by atoms with Crippen LogP contribution < -0.4 is 5.32 Å². The number of aromatic nitrogens is 1. The van der Waals surface area contributed by atoms with Crippen LogP contribution in [0, 0.1) is 5.95 Å². The molecule has 5 heteroatoms. The van der Waals surface area contributed by atoms with E-state index in [2.05, 4.69) is 4.98 Å². The van der Waals surface area contributed by atoms with E-state index >= 15 is 0 Å². The van der Waals surface area contributed by atoms with E-state index in [1.807, 2.05) is 19.2 Å². The van der Waals surface area contributed by atoms with Crippen molar-refractivity contribution in [3.05, 3.63) is 23.8 Å². The van der Waals surface area contributed by atoms with Crippen molar-refractivity contribution in [1.82, 2.24) is 4.98 Å². The van der Waals surface area contributed by atoms with Crippen LogP contribution in [0.15, 0.2) is 12.3 Å². The smallest absolute Gasteiger partial charge is 0.409 e. The van der Waals surface area contributed by atoms with Gasteiger partial charge in [-0.2, -0.15) is 4.39 Å². The number of hydrogen-bond acceptors (Lipinski definition) is 2. The first-order chi connectivity index (χ1) is 6.52. The summed E-state index contributed by atoms with van der Waals surface area (Å²) in [7, 11) is 0. The molecule has 2 N–H and O–H groups in total. The summed E-state index contributed by atoms with van der Waals surface area (Å²) >= 11 is 0. The highest BCUT2D eigenvalue weighted by Gasteiger charge is 2.13. The van der Waals surface area contributed by atoms with Crippen molar-refractivity contribution in [3.8, 4) is 0 Å². The third-order valence-corrected chi connectivity index (χ3v) is 1.79. The minimum Gasteiger partial charge on any atom is -0.465 e. The van der Waals surface area contributed by atoms with Crippen LogP contribution in [0.1, 0.15) is 25.3 Å². The minimum absolute atomic E-state index is 0.0364. The molecule has 14 heavy (non-hydrogen) atoms. The van der Waals surface area contributed by atoms with Crippen LogP contribution in [0.3, 0.4) is 0 Å². The number of carboxylic acid groups (broad SMARTS) is 1. The highest BCUT2D eigenvalue weighted by atomic mass is 19.1. The molecule has 0 aliphatic heterocycles. The van der Waals surface area contributed by atoms with Gasteiger partial charge in [0.1, 0.15) is 5.69 Å². The summed E-state index contributed by atoms with van der Waals surface area (Å²) in [5.41, 5.74) is 0.537. The minimum atomic E-state index is -1.29. The molecule has 1 heterocycles. The van der Waals surface area contributed by atoms with Gasteiger partial charge in [-0.25, -0.2) is 9.78 Å². The van der Waals surface area contributed by atoms with E-state index in [1.54, 1.807) is 6.07 Å². The number of nitrogens with zero attached hydrogens (tertiary/aromatic N) is 1. The lowest BCUT2D eigenvalue weighted by Crippen LogP contribution is -2.12. The Bertz CT molecular complexity index is 353. The van der Waals surface area contributed by atoms with Gasteiger partial charge in [-0.15, -0.1) is 0 Å². The SMILES string of the molecule is CC(C)c1ccnc(F)c1NC(=O)O. The molecular weight excluding hydrogens is 187 g/mol. The Morgan fingerprint density at radius 3 is 2.79 bits per heavy atom. The van der Waals surface area contributed by atoms with Crippen LogP contribution >= 0.6 is 0 Å². The average Bonchev–Trinajstić information content (AvgIpc) is 2.07. The summed E-state index contributed by atoms with van der Waals surface area (Å²) in [5, 5.41) is 10.5. The number of carbonyl (C=O) groups is 1. The zero-order valence-corrected chi connectivity index (χ0v) is 7.91.